The van der Waals surface area contributed by atoms with Crippen molar-refractivity contribution in [3.8, 4) is 0 Å². The zero-order chi connectivity index (χ0) is 35.5. The molecule has 2 atom stereocenters. The van der Waals surface area contributed by atoms with Gasteiger partial charge < -0.3 is 18.3 Å². The van der Waals surface area contributed by atoms with E-state index in [2.05, 4.69) is 71.0 Å². The summed E-state index contributed by atoms with van der Waals surface area (Å²) in [5.74, 6) is 1.04. The number of aliphatic imine (C=N–C) groups is 1. The van der Waals surface area contributed by atoms with Crippen molar-refractivity contribution in [2.24, 2.45) is 10.9 Å². The van der Waals surface area contributed by atoms with Crippen molar-refractivity contribution in [1.82, 2.24) is 21.0 Å². The number of amides is 1. The van der Waals surface area contributed by atoms with E-state index in [-0.39, 0.29) is 29.5 Å². The maximum atomic E-state index is 12.3. The number of allylic oxidation sites excluding steroid dienone is 2. The molecule has 2 N–H and O–H groups in total. The molecule has 3 heterocycles. The Hall–Kier alpha value is -1.91. The van der Waals surface area contributed by atoms with Gasteiger partial charge >= 0.3 is 0 Å². The lowest BCUT2D eigenvalue weighted by molar-refractivity contribution is -0.121. The molecular weight excluding hydrogens is 732 g/mol. The number of carbonyl (C=O) groups excluding carboxylic acids is 1. The molecule has 1 aromatic heterocycles. The van der Waals surface area contributed by atoms with Crippen molar-refractivity contribution in [2.75, 3.05) is 20.8 Å². The number of methoxy groups -OCH3 is 1. The molecule has 2 unspecified atom stereocenters. The smallest absolute Gasteiger partial charge is 0.244 e. The number of hydrogen-bond acceptors (Lipinski definition) is 9. The third kappa shape index (κ3) is 12.5. The van der Waals surface area contributed by atoms with E-state index >= 15 is 0 Å². The van der Waals surface area contributed by atoms with E-state index in [9.17, 15) is 4.79 Å². The van der Waals surface area contributed by atoms with Crippen molar-refractivity contribution < 1.29 is 23.1 Å². The second-order valence-electron chi connectivity index (χ2n) is 13.0. The van der Waals surface area contributed by atoms with Crippen LogP contribution < -0.4 is 10.9 Å². The summed E-state index contributed by atoms with van der Waals surface area (Å²) in [6, 6.07) is 0. The van der Waals surface area contributed by atoms with Crippen LogP contribution in [-0.2, 0) is 36.1 Å². The summed E-state index contributed by atoms with van der Waals surface area (Å²) in [6.45, 7) is 13.4. The van der Waals surface area contributed by atoms with Gasteiger partial charge in [0.25, 0.3) is 0 Å². The number of carbonyl (C=O) groups is 1. The molecular formula is C32H47Cl4N5O5Si2. The lowest BCUT2D eigenvalue weighted by Crippen LogP contribution is -2.43. The highest BCUT2D eigenvalue weighted by atomic mass is 35.5. The largest absolute Gasteiger partial charge is 0.546 e. The SMILES string of the molecule is C=CC(CC(CC/C=C\CCc1c(Cl)nnc(Cl)c1COC)C1=C(Cl)NNC(=O)C1)OC1=NCC(Cl)=C(O[Si](C)(C)C[Si](C)(C)OC)C1. The summed E-state index contributed by atoms with van der Waals surface area (Å²) in [5.41, 5.74) is 8.70. The van der Waals surface area contributed by atoms with Crippen molar-refractivity contribution >= 4 is 74.8 Å². The third-order valence-electron chi connectivity index (χ3n) is 8.10. The molecule has 0 spiro atoms. The Kier molecular flexibility index (Phi) is 16.0. The van der Waals surface area contributed by atoms with Gasteiger partial charge in [-0.25, -0.2) is 4.99 Å². The number of aromatic nitrogens is 2. The van der Waals surface area contributed by atoms with Crippen LogP contribution in [-0.4, -0.2) is 65.5 Å². The molecule has 266 valence electrons. The Morgan fingerprint density at radius 1 is 0.958 bits per heavy atom. The van der Waals surface area contributed by atoms with E-state index in [4.69, 9.17) is 64.7 Å². The molecule has 48 heavy (non-hydrogen) atoms. The molecule has 1 amide bonds. The molecule has 0 saturated heterocycles. The highest BCUT2D eigenvalue weighted by Crippen LogP contribution is 2.33. The highest BCUT2D eigenvalue weighted by Gasteiger charge is 2.37. The molecule has 16 heteroatoms. The van der Waals surface area contributed by atoms with Gasteiger partial charge in [0.1, 0.15) is 17.0 Å². The summed E-state index contributed by atoms with van der Waals surface area (Å²) in [7, 11) is -0.588. The monoisotopic (exact) mass is 777 g/mol. The fourth-order valence-corrected chi connectivity index (χ4v) is 16.7. The number of nitrogens with one attached hydrogen (secondary N) is 2. The molecule has 3 rings (SSSR count). The molecule has 2 aliphatic rings. The molecule has 2 aliphatic heterocycles. The van der Waals surface area contributed by atoms with Gasteiger partial charge in [0.2, 0.25) is 14.2 Å². The van der Waals surface area contributed by atoms with Crippen molar-refractivity contribution in [2.45, 2.75) is 89.5 Å². The van der Waals surface area contributed by atoms with Crippen molar-refractivity contribution in [1.29, 1.82) is 0 Å². The zero-order valence-corrected chi connectivity index (χ0v) is 33.6. The molecule has 0 aromatic carbocycles. The number of rotatable bonds is 18. The van der Waals surface area contributed by atoms with Crippen LogP contribution in [0.4, 0.5) is 0 Å². The predicted molar refractivity (Wildman–Crippen MR) is 199 cm³/mol. The van der Waals surface area contributed by atoms with Crippen LogP contribution in [0.3, 0.4) is 0 Å². The highest BCUT2D eigenvalue weighted by molar-refractivity contribution is 6.89. The van der Waals surface area contributed by atoms with E-state index < -0.39 is 16.6 Å². The third-order valence-corrected chi connectivity index (χ3v) is 18.1. The standard InChI is InChI=1S/C32H47Cl4N5O5Si2/c1-8-22(45-29-17-27(26(33)18-37-29)46-48(6,7)20-47(4,5)44-3)15-21(24-16-28(42)38-39-31(24)35)13-11-9-10-12-14-23-25(19-43-2)32(36)41-40-30(23)34/h8-10,21-22,39H,1,11-20H2,2-7H3,(H,38,42)/b10-9-. The van der Waals surface area contributed by atoms with Gasteiger partial charge in [0.15, 0.2) is 24.5 Å². The molecule has 0 fully saturated rings. The first-order valence-corrected chi connectivity index (χ1v) is 23.6. The first kappa shape index (κ1) is 40.5. The predicted octanol–water partition coefficient (Wildman–Crippen LogP) is 8.12. The van der Waals surface area contributed by atoms with Gasteiger partial charge in [-0.1, -0.05) is 71.2 Å². The molecule has 0 radical (unpaired) electrons. The Labute approximate surface area is 306 Å². The molecule has 0 aliphatic carbocycles. The number of dihydropyridines is 1. The fourth-order valence-electron chi connectivity index (χ4n) is 5.84. The zero-order valence-electron chi connectivity index (χ0n) is 28.6. The van der Waals surface area contributed by atoms with Crippen molar-refractivity contribution in [3.05, 3.63) is 67.8 Å². The fraction of sp³-hybridized carbons (Fsp3) is 0.562. The summed E-state index contributed by atoms with van der Waals surface area (Å²) < 4.78 is 24.0. The molecule has 0 saturated carbocycles. The Bertz CT molecular complexity index is 1440. The van der Waals surface area contributed by atoms with Gasteiger partial charge in [-0.3, -0.25) is 15.6 Å². The van der Waals surface area contributed by atoms with Gasteiger partial charge in [-0.2, -0.15) is 0 Å². The number of nitrogens with zero attached hydrogens (tertiary/aromatic N) is 3. The molecule has 10 nitrogen and oxygen atoms in total. The first-order valence-electron chi connectivity index (χ1n) is 15.9. The second-order valence-corrected chi connectivity index (χ2v) is 23.6. The van der Waals surface area contributed by atoms with Gasteiger partial charge in [-0.15, -0.1) is 10.2 Å². The minimum absolute atomic E-state index is 0.0683. The number of ether oxygens (including phenoxy) is 2. The normalized spacial score (nSPS) is 17.2. The Balaban J connectivity index is 1.66. The minimum atomic E-state index is -2.12. The van der Waals surface area contributed by atoms with E-state index in [0.29, 0.717) is 59.4 Å². The Morgan fingerprint density at radius 3 is 2.31 bits per heavy atom. The number of hydrazine groups is 1. The second kappa shape index (κ2) is 18.9. The maximum absolute atomic E-state index is 12.3. The lowest BCUT2D eigenvalue weighted by atomic mass is 9.86. The quantitative estimate of drug-likeness (QED) is 0.0873. The van der Waals surface area contributed by atoms with Crippen LogP contribution >= 0.6 is 46.4 Å². The van der Waals surface area contributed by atoms with Crippen LogP contribution in [0.25, 0.3) is 0 Å². The van der Waals surface area contributed by atoms with Crippen LogP contribution in [0, 0.1) is 5.92 Å². The Morgan fingerprint density at radius 2 is 1.65 bits per heavy atom. The topological polar surface area (TPSA) is 116 Å². The van der Waals surface area contributed by atoms with Crippen LogP contribution in [0.15, 0.2) is 51.3 Å². The van der Waals surface area contributed by atoms with Gasteiger partial charge in [-0.05, 0) is 75.5 Å². The average molecular weight is 780 g/mol. The first-order chi connectivity index (χ1) is 22.7. The minimum Gasteiger partial charge on any atom is -0.546 e. The summed E-state index contributed by atoms with van der Waals surface area (Å²) in [6.07, 6.45) is 9.53. The maximum Gasteiger partial charge on any atom is 0.244 e. The van der Waals surface area contributed by atoms with E-state index in [0.717, 1.165) is 41.6 Å². The molecule has 0 bridgehead atoms. The van der Waals surface area contributed by atoms with E-state index in [1.54, 1.807) is 20.3 Å². The van der Waals surface area contributed by atoms with E-state index in [1.807, 2.05) is 0 Å². The summed E-state index contributed by atoms with van der Waals surface area (Å²) >= 11 is 25.7. The number of halogens is 4. The summed E-state index contributed by atoms with van der Waals surface area (Å²) in [4.78, 5) is 16.9. The van der Waals surface area contributed by atoms with Crippen molar-refractivity contribution in [3.63, 3.8) is 0 Å². The van der Waals surface area contributed by atoms with Crippen LogP contribution in [0.5, 0.6) is 0 Å². The lowest BCUT2D eigenvalue weighted by Gasteiger charge is -2.33. The average Bonchev–Trinajstić information content (AvgIpc) is 3.02. The molecule has 1 aromatic rings. The number of hydrogen-bond donors (Lipinski definition) is 2. The van der Waals surface area contributed by atoms with Gasteiger partial charge in [0.05, 0.1) is 31.0 Å². The van der Waals surface area contributed by atoms with E-state index in [1.165, 1.54) is 0 Å². The van der Waals surface area contributed by atoms with Crippen LogP contribution in [0.2, 0.25) is 42.2 Å². The van der Waals surface area contributed by atoms with Gasteiger partial charge in [0, 0.05) is 25.3 Å². The van der Waals surface area contributed by atoms with Crippen LogP contribution in [0.1, 0.15) is 49.7 Å². The summed E-state index contributed by atoms with van der Waals surface area (Å²) in [5, 5.41) is 9.46.